The van der Waals surface area contributed by atoms with Gasteiger partial charge in [-0.3, -0.25) is 5.32 Å². The second-order valence-electron chi connectivity index (χ2n) is 5.19. The van der Waals surface area contributed by atoms with Crippen molar-refractivity contribution in [3.63, 3.8) is 0 Å². The molecule has 1 rings (SSSR count). The summed E-state index contributed by atoms with van der Waals surface area (Å²) in [7, 11) is 0. The molecular formula is C12H25NO. The van der Waals surface area contributed by atoms with Crippen LogP contribution in [-0.4, -0.2) is 17.9 Å². The molecule has 0 amide bonds. The molecule has 0 aromatic rings. The lowest BCUT2D eigenvalue weighted by Crippen LogP contribution is -2.34. The van der Waals surface area contributed by atoms with E-state index in [1.54, 1.807) is 0 Å². The van der Waals surface area contributed by atoms with Crippen molar-refractivity contribution in [3.8, 4) is 0 Å². The van der Waals surface area contributed by atoms with Crippen LogP contribution in [0.5, 0.6) is 0 Å². The van der Waals surface area contributed by atoms with Gasteiger partial charge in [0.05, 0.1) is 0 Å². The number of hydrogen-bond donors (Lipinski definition) is 2. The molecule has 0 aromatic heterocycles. The predicted molar refractivity (Wildman–Crippen MR) is 60.0 cm³/mol. The highest BCUT2D eigenvalue weighted by atomic mass is 16.3. The summed E-state index contributed by atoms with van der Waals surface area (Å²) in [6, 6.07) is 0. The third kappa shape index (κ3) is 3.97. The van der Waals surface area contributed by atoms with Gasteiger partial charge in [0.25, 0.3) is 0 Å². The van der Waals surface area contributed by atoms with Crippen LogP contribution in [0.2, 0.25) is 0 Å². The van der Waals surface area contributed by atoms with Crippen molar-refractivity contribution in [1.29, 1.82) is 0 Å². The minimum atomic E-state index is -0.281. The van der Waals surface area contributed by atoms with Gasteiger partial charge in [-0.2, -0.15) is 0 Å². The molecule has 1 aliphatic heterocycles. The van der Waals surface area contributed by atoms with Gasteiger partial charge in [0.1, 0.15) is 6.23 Å². The van der Waals surface area contributed by atoms with E-state index >= 15 is 0 Å². The molecule has 2 nitrogen and oxygen atoms in total. The summed E-state index contributed by atoms with van der Waals surface area (Å²) >= 11 is 0. The smallest absolute Gasteiger partial charge is 0.104 e. The molecule has 2 N–H and O–H groups in total. The lowest BCUT2D eigenvalue weighted by atomic mass is 9.88. The first-order chi connectivity index (χ1) is 6.59. The zero-order valence-corrected chi connectivity index (χ0v) is 9.79. The van der Waals surface area contributed by atoms with Crippen molar-refractivity contribution in [1.82, 2.24) is 5.32 Å². The molecule has 2 heteroatoms. The number of aliphatic hydroxyl groups excluding tert-OH is 1. The van der Waals surface area contributed by atoms with Gasteiger partial charge in [-0.1, -0.05) is 27.2 Å². The Kier molecular flexibility index (Phi) is 4.90. The van der Waals surface area contributed by atoms with Gasteiger partial charge >= 0.3 is 0 Å². The van der Waals surface area contributed by atoms with Gasteiger partial charge in [0.2, 0.25) is 0 Å². The van der Waals surface area contributed by atoms with E-state index in [1.807, 2.05) is 0 Å². The molecule has 0 spiro atoms. The standard InChI is InChI=1S/C12H25NO/c1-9(2)11-6-4-10(3)5-7-12(14)13-8-11/h9-14H,4-8H2,1-3H3. The van der Waals surface area contributed by atoms with Crippen LogP contribution in [0, 0.1) is 17.8 Å². The summed E-state index contributed by atoms with van der Waals surface area (Å²) < 4.78 is 0. The van der Waals surface area contributed by atoms with Gasteiger partial charge in [-0.15, -0.1) is 0 Å². The van der Waals surface area contributed by atoms with E-state index in [-0.39, 0.29) is 6.23 Å². The second-order valence-corrected chi connectivity index (χ2v) is 5.19. The summed E-state index contributed by atoms with van der Waals surface area (Å²) in [6.45, 7) is 7.84. The zero-order chi connectivity index (χ0) is 10.6. The molecule has 3 atom stereocenters. The van der Waals surface area contributed by atoms with Gasteiger partial charge in [-0.25, -0.2) is 0 Å². The average molecular weight is 199 g/mol. The van der Waals surface area contributed by atoms with E-state index in [0.29, 0.717) is 0 Å². The van der Waals surface area contributed by atoms with E-state index in [4.69, 9.17) is 0 Å². The van der Waals surface area contributed by atoms with Gasteiger partial charge < -0.3 is 5.11 Å². The molecule has 1 aliphatic rings. The third-order valence-electron chi connectivity index (χ3n) is 3.52. The molecule has 1 fully saturated rings. The van der Waals surface area contributed by atoms with Crippen LogP contribution in [0.4, 0.5) is 0 Å². The lowest BCUT2D eigenvalue weighted by Gasteiger charge is -2.22. The first-order valence-electron chi connectivity index (χ1n) is 6.01. The van der Waals surface area contributed by atoms with Crippen LogP contribution in [-0.2, 0) is 0 Å². The predicted octanol–water partition coefficient (Wildman–Crippen LogP) is 2.38. The van der Waals surface area contributed by atoms with Crippen molar-refractivity contribution >= 4 is 0 Å². The maximum atomic E-state index is 9.65. The number of nitrogens with one attached hydrogen (secondary N) is 1. The molecule has 0 saturated carbocycles. The third-order valence-corrected chi connectivity index (χ3v) is 3.52. The van der Waals surface area contributed by atoms with E-state index in [2.05, 4.69) is 26.1 Å². The van der Waals surface area contributed by atoms with Crippen LogP contribution in [0.15, 0.2) is 0 Å². The first-order valence-corrected chi connectivity index (χ1v) is 6.01. The molecular weight excluding hydrogens is 174 g/mol. The van der Waals surface area contributed by atoms with Crippen molar-refractivity contribution in [2.24, 2.45) is 17.8 Å². The lowest BCUT2D eigenvalue weighted by molar-refractivity contribution is 0.116. The second kappa shape index (κ2) is 5.72. The molecule has 0 bridgehead atoms. The Balaban J connectivity index is 2.47. The van der Waals surface area contributed by atoms with E-state index in [1.165, 1.54) is 12.8 Å². The largest absolute Gasteiger partial charge is 0.379 e. The fourth-order valence-electron chi connectivity index (χ4n) is 2.15. The zero-order valence-electron chi connectivity index (χ0n) is 9.79. The SMILES string of the molecule is CC1CCC(O)NCC(C(C)C)CC1. The number of aliphatic hydroxyl groups is 1. The molecule has 84 valence electrons. The van der Waals surface area contributed by atoms with Gasteiger partial charge in [0, 0.05) is 6.54 Å². The quantitative estimate of drug-likeness (QED) is 0.679. The average Bonchev–Trinajstić information content (AvgIpc) is 2.20. The summed E-state index contributed by atoms with van der Waals surface area (Å²) in [6.07, 6.45) is 4.40. The highest BCUT2D eigenvalue weighted by molar-refractivity contribution is 4.71. The minimum Gasteiger partial charge on any atom is -0.379 e. The Labute approximate surface area is 88.1 Å². The van der Waals surface area contributed by atoms with E-state index in [9.17, 15) is 5.11 Å². The number of hydrogen-bond acceptors (Lipinski definition) is 2. The van der Waals surface area contributed by atoms with E-state index < -0.39 is 0 Å². The number of rotatable bonds is 1. The molecule has 0 aliphatic carbocycles. The Bertz CT molecular complexity index is 144. The van der Waals surface area contributed by atoms with Crippen LogP contribution < -0.4 is 5.32 Å². The summed E-state index contributed by atoms with van der Waals surface area (Å²) in [5.74, 6) is 2.22. The molecule has 14 heavy (non-hydrogen) atoms. The Hall–Kier alpha value is -0.0800. The Morgan fingerprint density at radius 1 is 1.14 bits per heavy atom. The molecule has 1 heterocycles. The van der Waals surface area contributed by atoms with E-state index in [0.717, 1.165) is 37.1 Å². The van der Waals surface area contributed by atoms with Crippen LogP contribution >= 0.6 is 0 Å². The topological polar surface area (TPSA) is 32.3 Å². The highest BCUT2D eigenvalue weighted by Crippen LogP contribution is 2.23. The molecule has 3 unspecified atom stereocenters. The minimum absolute atomic E-state index is 0.281. The van der Waals surface area contributed by atoms with Crippen molar-refractivity contribution in [3.05, 3.63) is 0 Å². The molecule has 0 aromatic carbocycles. The van der Waals surface area contributed by atoms with Crippen LogP contribution in [0.25, 0.3) is 0 Å². The van der Waals surface area contributed by atoms with Gasteiger partial charge in [-0.05, 0) is 37.0 Å². The normalized spacial score (nSPS) is 36.2. The Morgan fingerprint density at radius 2 is 1.79 bits per heavy atom. The van der Waals surface area contributed by atoms with Crippen LogP contribution in [0.1, 0.15) is 46.5 Å². The Morgan fingerprint density at radius 3 is 2.43 bits per heavy atom. The van der Waals surface area contributed by atoms with Gasteiger partial charge in [0.15, 0.2) is 0 Å². The summed E-state index contributed by atoms with van der Waals surface area (Å²) in [5, 5.41) is 12.9. The van der Waals surface area contributed by atoms with Crippen LogP contribution in [0.3, 0.4) is 0 Å². The molecule has 0 radical (unpaired) electrons. The molecule has 1 saturated heterocycles. The van der Waals surface area contributed by atoms with Crippen molar-refractivity contribution in [2.45, 2.75) is 52.7 Å². The van der Waals surface area contributed by atoms with Crippen molar-refractivity contribution < 1.29 is 5.11 Å². The van der Waals surface area contributed by atoms with Crippen molar-refractivity contribution in [2.75, 3.05) is 6.54 Å². The fourth-order valence-corrected chi connectivity index (χ4v) is 2.15. The summed E-state index contributed by atoms with van der Waals surface area (Å²) in [5.41, 5.74) is 0. The highest BCUT2D eigenvalue weighted by Gasteiger charge is 2.18. The monoisotopic (exact) mass is 199 g/mol. The fraction of sp³-hybridized carbons (Fsp3) is 1.00. The maximum absolute atomic E-state index is 9.65. The maximum Gasteiger partial charge on any atom is 0.104 e. The summed E-state index contributed by atoms with van der Waals surface area (Å²) in [4.78, 5) is 0. The first kappa shape index (κ1) is 12.0.